The molecular weight excluding hydrogens is 478 g/mol. The van der Waals surface area contributed by atoms with Gasteiger partial charge in [-0.3, -0.25) is 23.7 Å². The van der Waals surface area contributed by atoms with Gasteiger partial charge < -0.3 is 24.2 Å². The van der Waals surface area contributed by atoms with Crippen molar-refractivity contribution in [2.75, 3.05) is 87.6 Å². The van der Waals surface area contributed by atoms with Gasteiger partial charge in [0.2, 0.25) is 5.91 Å². The second-order valence-corrected chi connectivity index (χ2v) is 11.9. The number of morpholine rings is 1. The Morgan fingerprint density at radius 1 is 1.32 bits per heavy atom. The first-order valence-electron chi connectivity index (χ1n) is 11.4. The van der Waals surface area contributed by atoms with Crippen LogP contribution in [0.1, 0.15) is 27.2 Å². The summed E-state index contributed by atoms with van der Waals surface area (Å²) in [7, 11) is 6.03. The Morgan fingerprint density at radius 3 is 2.35 bits per heavy atom. The fourth-order valence-electron chi connectivity index (χ4n) is 2.91. The maximum absolute atomic E-state index is 11.3. The molecule has 1 heterocycles. The van der Waals surface area contributed by atoms with E-state index in [9.17, 15) is 9.59 Å². The molecule has 0 spiro atoms. The van der Waals surface area contributed by atoms with Crippen LogP contribution in [0.15, 0.2) is 0 Å². The molecule has 0 aromatic carbocycles. The molecular formula is C22H48N4O6P2. The van der Waals surface area contributed by atoms with E-state index in [4.69, 9.17) is 18.6 Å². The number of likely N-dealkylation sites (N-methyl/N-ethyl adjacent to an activating group) is 1. The number of ether oxygens (including phenoxy) is 2. The number of nitrogens with one attached hydrogen (secondary N) is 1. The summed E-state index contributed by atoms with van der Waals surface area (Å²) < 4.78 is 28.0. The van der Waals surface area contributed by atoms with Gasteiger partial charge in [-0.25, -0.2) is 0 Å². The van der Waals surface area contributed by atoms with E-state index >= 15 is 0 Å². The summed E-state index contributed by atoms with van der Waals surface area (Å²) in [6.45, 7) is 13.5. The zero-order chi connectivity index (χ0) is 26.7. The number of ketones is 1. The third-order valence-corrected chi connectivity index (χ3v) is 7.20. The van der Waals surface area contributed by atoms with Crippen LogP contribution in [0.5, 0.6) is 0 Å². The highest BCUT2D eigenvalue weighted by Crippen LogP contribution is 2.43. The van der Waals surface area contributed by atoms with Crippen molar-refractivity contribution in [3.05, 3.63) is 0 Å². The summed E-state index contributed by atoms with van der Waals surface area (Å²) >= 11 is 0. The minimum Gasteiger partial charge on any atom is -0.370 e. The van der Waals surface area contributed by atoms with Crippen molar-refractivity contribution in [3.63, 3.8) is 0 Å². The maximum Gasteiger partial charge on any atom is 0.222 e. The van der Waals surface area contributed by atoms with Crippen LogP contribution < -0.4 is 5.32 Å². The Balaban J connectivity index is 0. The molecule has 1 amide bonds. The van der Waals surface area contributed by atoms with Gasteiger partial charge in [-0.2, -0.15) is 0 Å². The van der Waals surface area contributed by atoms with Crippen LogP contribution in [-0.2, 0) is 28.2 Å². The first-order valence-corrected chi connectivity index (χ1v) is 15.0. The number of hydrogen-bond donors (Lipinski definition) is 1. The molecule has 34 heavy (non-hydrogen) atoms. The SMILES string of the molecule is C=P(C)(OCC1CN(COC)CC(C)O1)N(C)C.CCC(=O)N(CCNC)CC(C)=O.CP=O. The molecule has 3 unspecified atom stereocenters. The summed E-state index contributed by atoms with van der Waals surface area (Å²) in [5.41, 5.74) is 0. The number of carbonyl (C=O) groups is 2. The van der Waals surface area contributed by atoms with Crippen LogP contribution in [0.4, 0.5) is 0 Å². The Kier molecular flexibility index (Phi) is 21.4. The highest BCUT2D eigenvalue weighted by Gasteiger charge is 2.26. The number of amides is 1. The lowest BCUT2D eigenvalue weighted by molar-refractivity contribution is -0.134. The van der Waals surface area contributed by atoms with Gasteiger partial charge in [0.1, 0.15) is 5.78 Å². The Labute approximate surface area is 209 Å². The van der Waals surface area contributed by atoms with Gasteiger partial charge in [0.05, 0.1) is 39.4 Å². The number of hydrogen-bond acceptors (Lipinski definition) is 9. The van der Waals surface area contributed by atoms with Crippen molar-refractivity contribution in [2.24, 2.45) is 0 Å². The molecule has 1 aliphatic heterocycles. The highest BCUT2D eigenvalue weighted by molar-refractivity contribution is 7.66. The van der Waals surface area contributed by atoms with E-state index in [1.807, 2.05) is 21.1 Å². The van der Waals surface area contributed by atoms with Gasteiger partial charge in [-0.05, 0) is 41.7 Å². The average molecular weight is 527 g/mol. The lowest BCUT2D eigenvalue weighted by Crippen LogP contribution is -2.48. The smallest absolute Gasteiger partial charge is 0.222 e. The van der Waals surface area contributed by atoms with Gasteiger partial charge in [-0.15, -0.1) is 0 Å². The van der Waals surface area contributed by atoms with Gasteiger partial charge in [0.25, 0.3) is 0 Å². The van der Waals surface area contributed by atoms with Crippen molar-refractivity contribution in [2.45, 2.75) is 39.4 Å². The number of carbonyl (C=O) groups excluding carboxylic acids is 2. The molecule has 0 aromatic rings. The molecule has 202 valence electrons. The third kappa shape index (κ3) is 17.7. The summed E-state index contributed by atoms with van der Waals surface area (Å²) in [6, 6.07) is 0. The largest absolute Gasteiger partial charge is 0.370 e. The fraction of sp³-hybridized carbons (Fsp3) is 0.864. The molecule has 10 nitrogen and oxygen atoms in total. The van der Waals surface area contributed by atoms with Crippen molar-refractivity contribution in [1.82, 2.24) is 19.8 Å². The molecule has 1 fully saturated rings. The van der Waals surface area contributed by atoms with E-state index in [1.165, 1.54) is 6.92 Å². The highest BCUT2D eigenvalue weighted by atomic mass is 31.2. The second-order valence-electron chi connectivity index (χ2n) is 8.37. The Hall–Kier alpha value is -0.700. The van der Waals surface area contributed by atoms with Crippen LogP contribution in [0, 0.1) is 0 Å². The molecule has 0 aliphatic carbocycles. The molecule has 0 radical (unpaired) electrons. The van der Waals surface area contributed by atoms with Gasteiger partial charge in [0, 0.05) is 46.4 Å². The van der Waals surface area contributed by atoms with Crippen LogP contribution in [0.3, 0.4) is 0 Å². The average Bonchev–Trinajstić information content (AvgIpc) is 2.75. The first-order chi connectivity index (χ1) is 15.9. The van der Waals surface area contributed by atoms with Gasteiger partial charge in [-0.1, -0.05) is 13.2 Å². The zero-order valence-corrected chi connectivity index (χ0v) is 24.5. The lowest BCUT2D eigenvalue weighted by atomic mass is 10.2. The molecule has 3 atom stereocenters. The van der Waals surface area contributed by atoms with Gasteiger partial charge >= 0.3 is 0 Å². The van der Waals surface area contributed by atoms with E-state index in [1.54, 1.807) is 25.6 Å². The molecule has 1 N–H and O–H groups in total. The number of Topliss-reactive ketones (excluding diaryl/α,β-unsaturated/α-hetero) is 1. The molecule has 1 saturated heterocycles. The monoisotopic (exact) mass is 526 g/mol. The molecule has 1 aliphatic rings. The van der Waals surface area contributed by atoms with Crippen molar-refractivity contribution >= 4 is 33.7 Å². The molecule has 0 bridgehead atoms. The normalized spacial score (nSPS) is 19.9. The zero-order valence-electron chi connectivity index (χ0n) is 22.7. The minimum atomic E-state index is -1.68. The molecule has 1 rings (SSSR count). The minimum absolute atomic E-state index is 0.0258. The maximum atomic E-state index is 11.3. The molecule has 12 heteroatoms. The fourth-order valence-corrected chi connectivity index (χ4v) is 3.63. The van der Waals surface area contributed by atoms with E-state index in [2.05, 4.69) is 34.8 Å². The quantitative estimate of drug-likeness (QED) is 0.383. The Morgan fingerprint density at radius 2 is 1.91 bits per heavy atom. The third-order valence-electron chi connectivity index (χ3n) is 4.80. The van der Waals surface area contributed by atoms with Crippen molar-refractivity contribution in [1.29, 1.82) is 0 Å². The summed E-state index contributed by atoms with van der Waals surface area (Å²) in [4.78, 5) is 26.0. The number of nitrogens with zero attached hydrogens (tertiary/aromatic N) is 3. The summed E-state index contributed by atoms with van der Waals surface area (Å²) in [5.74, 6) is 0.0587. The molecule has 0 saturated carbocycles. The topological polar surface area (TPSA) is 101 Å². The van der Waals surface area contributed by atoms with Crippen LogP contribution in [-0.4, -0.2) is 132 Å². The Bertz CT molecular complexity index is 624. The van der Waals surface area contributed by atoms with E-state index in [0.29, 0.717) is 26.3 Å². The van der Waals surface area contributed by atoms with Crippen LogP contribution in [0.2, 0.25) is 0 Å². The summed E-state index contributed by atoms with van der Waals surface area (Å²) in [6.07, 6.45) is 4.93. The van der Waals surface area contributed by atoms with Crippen LogP contribution >= 0.6 is 15.7 Å². The van der Waals surface area contributed by atoms with Crippen LogP contribution in [0.25, 0.3) is 0 Å². The number of methoxy groups -OCH3 is 1. The van der Waals surface area contributed by atoms with E-state index in [0.717, 1.165) is 19.6 Å². The number of rotatable bonds is 12. The lowest BCUT2D eigenvalue weighted by Gasteiger charge is -2.37. The van der Waals surface area contributed by atoms with E-state index in [-0.39, 0.29) is 38.9 Å². The van der Waals surface area contributed by atoms with Crippen molar-refractivity contribution < 1.29 is 28.2 Å². The predicted molar refractivity (Wildman–Crippen MR) is 142 cm³/mol. The van der Waals surface area contributed by atoms with Crippen molar-refractivity contribution in [3.8, 4) is 0 Å². The standard InChI is InChI=1S/C12H27N2O3P.C9H18N2O2.CH3OP/c1-11-7-14(10-15-4)8-12(17-11)9-16-18(5,6)13(2)3;1-4-9(13)11(6-5-10-3)7-8(2)12;1-3-2/h11-12H,5,7-10H2,1-4,6H3;10H,4-7H2,1-3H3;1H3. The van der Waals surface area contributed by atoms with Gasteiger partial charge in [0.15, 0.2) is 8.46 Å². The van der Waals surface area contributed by atoms with E-state index < -0.39 is 7.26 Å². The summed E-state index contributed by atoms with van der Waals surface area (Å²) in [5, 5.41) is 2.95. The first kappa shape index (κ1) is 35.5. The second kappa shape index (κ2) is 20.5. The predicted octanol–water partition coefficient (Wildman–Crippen LogP) is 2.11. The molecule has 0 aromatic heterocycles.